The van der Waals surface area contributed by atoms with Gasteiger partial charge in [-0.15, -0.1) is 0 Å². The van der Waals surface area contributed by atoms with Crippen molar-refractivity contribution in [2.45, 2.75) is 52.1 Å². The third kappa shape index (κ3) is 3.36. The zero-order valence-electron chi connectivity index (χ0n) is 12.6. The summed E-state index contributed by atoms with van der Waals surface area (Å²) in [6.07, 6.45) is 1.64. The lowest BCUT2D eigenvalue weighted by Crippen LogP contribution is -2.45. The topological polar surface area (TPSA) is 77.9 Å². The summed E-state index contributed by atoms with van der Waals surface area (Å²) in [5, 5.41) is 8.92. The molecule has 0 radical (unpaired) electrons. The number of rotatable bonds is 7. The van der Waals surface area contributed by atoms with Gasteiger partial charge in [0.2, 0.25) is 11.8 Å². The van der Waals surface area contributed by atoms with Crippen molar-refractivity contribution in [1.29, 1.82) is 0 Å². The van der Waals surface area contributed by atoms with E-state index in [2.05, 4.69) is 0 Å². The molecule has 6 heteroatoms. The van der Waals surface area contributed by atoms with Crippen LogP contribution in [0.3, 0.4) is 0 Å². The second-order valence-corrected chi connectivity index (χ2v) is 5.47. The van der Waals surface area contributed by atoms with E-state index in [1.165, 1.54) is 4.90 Å². The SMILES string of the molecule is CCC(CC)N1C(=O)CC(N(C)CC(C)C(=O)O)C1=O. The third-order valence-electron chi connectivity index (χ3n) is 3.98. The fourth-order valence-electron chi connectivity index (χ4n) is 2.65. The van der Waals surface area contributed by atoms with E-state index in [9.17, 15) is 14.4 Å². The third-order valence-corrected chi connectivity index (χ3v) is 3.98. The zero-order chi connectivity index (χ0) is 15.4. The number of nitrogens with zero attached hydrogens (tertiary/aromatic N) is 2. The van der Waals surface area contributed by atoms with Crippen molar-refractivity contribution in [2.75, 3.05) is 13.6 Å². The Morgan fingerprint density at radius 3 is 2.40 bits per heavy atom. The van der Waals surface area contributed by atoms with E-state index >= 15 is 0 Å². The molecule has 1 rings (SSSR count). The summed E-state index contributed by atoms with van der Waals surface area (Å²) in [6, 6.07) is -0.574. The Hall–Kier alpha value is -1.43. The van der Waals surface area contributed by atoms with Crippen LogP contribution in [0.2, 0.25) is 0 Å². The normalized spacial score (nSPS) is 21.1. The molecule has 20 heavy (non-hydrogen) atoms. The van der Waals surface area contributed by atoms with E-state index in [1.807, 2.05) is 13.8 Å². The van der Waals surface area contributed by atoms with Gasteiger partial charge < -0.3 is 5.11 Å². The van der Waals surface area contributed by atoms with Crippen LogP contribution in [0.25, 0.3) is 0 Å². The van der Waals surface area contributed by atoms with Crippen LogP contribution < -0.4 is 0 Å². The van der Waals surface area contributed by atoms with Crippen LogP contribution in [0.15, 0.2) is 0 Å². The molecule has 1 heterocycles. The minimum atomic E-state index is -0.898. The fraction of sp³-hybridized carbons (Fsp3) is 0.786. The maximum atomic E-state index is 12.4. The van der Waals surface area contributed by atoms with Gasteiger partial charge in [-0.2, -0.15) is 0 Å². The van der Waals surface area contributed by atoms with Crippen molar-refractivity contribution >= 4 is 17.8 Å². The highest BCUT2D eigenvalue weighted by molar-refractivity contribution is 6.05. The molecule has 2 atom stereocenters. The fourth-order valence-corrected chi connectivity index (χ4v) is 2.65. The number of hydrogen-bond donors (Lipinski definition) is 1. The number of carbonyl (C=O) groups is 3. The Balaban J connectivity index is 2.77. The van der Waals surface area contributed by atoms with Crippen LogP contribution in [0.1, 0.15) is 40.0 Å². The first-order chi connectivity index (χ1) is 9.33. The molecule has 2 amide bonds. The zero-order valence-corrected chi connectivity index (χ0v) is 12.6. The smallest absolute Gasteiger partial charge is 0.307 e. The predicted molar refractivity (Wildman–Crippen MR) is 74.1 cm³/mol. The summed E-state index contributed by atoms with van der Waals surface area (Å²) in [4.78, 5) is 38.3. The molecule has 6 nitrogen and oxygen atoms in total. The number of carbonyl (C=O) groups excluding carboxylic acids is 2. The van der Waals surface area contributed by atoms with Crippen molar-refractivity contribution in [3.8, 4) is 0 Å². The summed E-state index contributed by atoms with van der Waals surface area (Å²) in [6.45, 7) is 5.77. The van der Waals surface area contributed by atoms with E-state index in [-0.39, 0.29) is 30.8 Å². The van der Waals surface area contributed by atoms with E-state index < -0.39 is 17.9 Å². The highest BCUT2D eigenvalue weighted by Gasteiger charge is 2.43. The summed E-state index contributed by atoms with van der Waals surface area (Å²) in [7, 11) is 1.70. The monoisotopic (exact) mass is 284 g/mol. The molecule has 114 valence electrons. The average Bonchev–Trinajstić information content (AvgIpc) is 2.68. The van der Waals surface area contributed by atoms with Crippen LogP contribution in [0.4, 0.5) is 0 Å². The van der Waals surface area contributed by atoms with Gasteiger partial charge in [-0.05, 0) is 19.9 Å². The second-order valence-electron chi connectivity index (χ2n) is 5.47. The first-order valence-electron chi connectivity index (χ1n) is 7.12. The molecule has 0 aliphatic carbocycles. The Morgan fingerprint density at radius 1 is 1.40 bits per heavy atom. The summed E-state index contributed by atoms with van der Waals surface area (Å²) < 4.78 is 0. The number of carboxylic acids is 1. The Labute approximate surface area is 119 Å². The predicted octanol–water partition coefficient (Wildman–Crippen LogP) is 0.955. The van der Waals surface area contributed by atoms with Gasteiger partial charge in [-0.3, -0.25) is 24.2 Å². The number of likely N-dealkylation sites (N-methyl/N-ethyl adjacent to an activating group) is 1. The number of hydrogen-bond acceptors (Lipinski definition) is 4. The molecule has 2 unspecified atom stereocenters. The molecule has 1 aliphatic rings. The van der Waals surface area contributed by atoms with Gasteiger partial charge in [0.1, 0.15) is 0 Å². The van der Waals surface area contributed by atoms with Crippen LogP contribution in [0.5, 0.6) is 0 Å². The van der Waals surface area contributed by atoms with Gasteiger partial charge in [-0.25, -0.2) is 0 Å². The van der Waals surface area contributed by atoms with Crippen molar-refractivity contribution < 1.29 is 19.5 Å². The van der Waals surface area contributed by atoms with Gasteiger partial charge in [0.05, 0.1) is 18.4 Å². The quantitative estimate of drug-likeness (QED) is 0.704. The van der Waals surface area contributed by atoms with Crippen LogP contribution >= 0.6 is 0 Å². The number of likely N-dealkylation sites (tertiary alicyclic amines) is 1. The number of aliphatic carboxylic acids is 1. The van der Waals surface area contributed by atoms with E-state index in [1.54, 1.807) is 18.9 Å². The van der Waals surface area contributed by atoms with Gasteiger partial charge in [0.15, 0.2) is 0 Å². The maximum Gasteiger partial charge on any atom is 0.307 e. The number of amides is 2. The Bertz CT molecular complexity index is 393. The van der Waals surface area contributed by atoms with Crippen molar-refractivity contribution in [1.82, 2.24) is 9.80 Å². The minimum absolute atomic E-state index is 0.0507. The Kier molecular flexibility index (Phi) is 5.68. The number of carboxylic acid groups (broad SMARTS) is 1. The molecular weight excluding hydrogens is 260 g/mol. The molecule has 0 saturated carbocycles. The minimum Gasteiger partial charge on any atom is -0.481 e. The van der Waals surface area contributed by atoms with Crippen molar-refractivity contribution in [3.05, 3.63) is 0 Å². The Morgan fingerprint density at radius 2 is 1.95 bits per heavy atom. The largest absolute Gasteiger partial charge is 0.481 e. The van der Waals surface area contributed by atoms with Crippen LogP contribution in [-0.2, 0) is 14.4 Å². The molecule has 1 aliphatic heterocycles. The second kappa shape index (κ2) is 6.83. The first-order valence-corrected chi connectivity index (χ1v) is 7.12. The molecule has 0 bridgehead atoms. The van der Waals surface area contributed by atoms with Gasteiger partial charge >= 0.3 is 5.97 Å². The first kappa shape index (κ1) is 16.6. The van der Waals surface area contributed by atoms with E-state index in [0.717, 1.165) is 12.8 Å². The molecule has 1 N–H and O–H groups in total. The maximum absolute atomic E-state index is 12.4. The summed E-state index contributed by atoms with van der Waals surface area (Å²) in [5.74, 6) is -1.80. The van der Waals surface area contributed by atoms with E-state index in [4.69, 9.17) is 5.11 Å². The summed E-state index contributed by atoms with van der Waals surface area (Å²) in [5.41, 5.74) is 0. The summed E-state index contributed by atoms with van der Waals surface area (Å²) >= 11 is 0. The lowest BCUT2D eigenvalue weighted by Gasteiger charge is -2.27. The van der Waals surface area contributed by atoms with Crippen molar-refractivity contribution in [3.63, 3.8) is 0 Å². The van der Waals surface area contributed by atoms with E-state index in [0.29, 0.717) is 0 Å². The highest BCUT2D eigenvalue weighted by atomic mass is 16.4. The molecule has 1 fully saturated rings. The highest BCUT2D eigenvalue weighted by Crippen LogP contribution is 2.23. The standard InChI is InChI=1S/C14H24N2O4/c1-5-10(6-2)16-12(17)7-11(13(16)18)15(4)8-9(3)14(19)20/h9-11H,5-8H2,1-4H3,(H,19,20). The lowest BCUT2D eigenvalue weighted by atomic mass is 10.1. The molecule has 0 aromatic rings. The number of imide groups is 1. The van der Waals surface area contributed by atoms with Crippen LogP contribution in [0, 0.1) is 5.92 Å². The van der Waals surface area contributed by atoms with Gasteiger partial charge in [0, 0.05) is 12.6 Å². The molecule has 0 aromatic heterocycles. The molecule has 0 spiro atoms. The molecule has 1 saturated heterocycles. The molecular formula is C14H24N2O4. The van der Waals surface area contributed by atoms with Gasteiger partial charge in [0.25, 0.3) is 0 Å². The lowest BCUT2D eigenvalue weighted by molar-refractivity contribution is -0.145. The van der Waals surface area contributed by atoms with Gasteiger partial charge in [-0.1, -0.05) is 20.8 Å². The average molecular weight is 284 g/mol. The van der Waals surface area contributed by atoms with Crippen LogP contribution in [-0.4, -0.2) is 58.4 Å². The van der Waals surface area contributed by atoms with Crippen molar-refractivity contribution in [2.24, 2.45) is 5.92 Å². The molecule has 0 aromatic carbocycles.